The largest absolute Gasteiger partial charge is 0.464 e. The number of aromatic nitrogens is 3. The highest BCUT2D eigenvalue weighted by Crippen LogP contribution is 2.04. The molecule has 0 unspecified atom stereocenters. The van der Waals surface area contributed by atoms with Crippen LogP contribution in [0.25, 0.3) is 0 Å². The average Bonchev–Trinajstić information content (AvgIpc) is 2.52. The van der Waals surface area contributed by atoms with E-state index in [1.807, 2.05) is 6.92 Å². The van der Waals surface area contributed by atoms with Crippen LogP contribution in [0.4, 0.5) is 0 Å². The van der Waals surface area contributed by atoms with Crippen molar-refractivity contribution in [3.05, 3.63) is 11.4 Å². The first-order valence-corrected chi connectivity index (χ1v) is 3.77. The van der Waals surface area contributed by atoms with E-state index in [1.165, 1.54) is 7.11 Å². The van der Waals surface area contributed by atoms with Crippen LogP contribution in [0.15, 0.2) is 0 Å². The Kier molecular flexibility index (Phi) is 2.79. The highest BCUT2D eigenvalue weighted by atomic mass is 16.5. The smallest absolute Gasteiger partial charge is 0.360 e. The lowest BCUT2D eigenvalue weighted by Gasteiger charge is -1.95. The van der Waals surface area contributed by atoms with Gasteiger partial charge in [0.15, 0.2) is 5.69 Å². The predicted molar refractivity (Wildman–Crippen MR) is 41.7 cm³/mol. The second kappa shape index (κ2) is 3.85. The van der Waals surface area contributed by atoms with E-state index in [0.29, 0.717) is 11.4 Å². The zero-order chi connectivity index (χ0) is 8.97. The van der Waals surface area contributed by atoms with Crippen molar-refractivity contribution >= 4 is 5.97 Å². The molecule has 66 valence electrons. The molecule has 12 heavy (non-hydrogen) atoms. The Morgan fingerprint density at radius 2 is 2.33 bits per heavy atom. The minimum Gasteiger partial charge on any atom is -0.464 e. The third-order valence-corrected chi connectivity index (χ3v) is 1.49. The van der Waals surface area contributed by atoms with Crippen molar-refractivity contribution < 1.29 is 9.53 Å². The molecule has 0 aliphatic rings. The van der Waals surface area contributed by atoms with Gasteiger partial charge in [0.1, 0.15) is 0 Å². The highest BCUT2D eigenvalue weighted by Gasteiger charge is 2.15. The Labute approximate surface area is 70.1 Å². The Morgan fingerprint density at radius 1 is 1.58 bits per heavy atom. The Balaban J connectivity index is 2.83. The van der Waals surface area contributed by atoms with E-state index in [0.717, 1.165) is 12.8 Å². The van der Waals surface area contributed by atoms with Crippen molar-refractivity contribution in [2.75, 3.05) is 7.11 Å². The van der Waals surface area contributed by atoms with Crippen molar-refractivity contribution in [3.63, 3.8) is 0 Å². The van der Waals surface area contributed by atoms with Crippen molar-refractivity contribution in [2.24, 2.45) is 0 Å². The lowest BCUT2D eigenvalue weighted by atomic mass is 10.2. The monoisotopic (exact) mass is 169 g/mol. The molecule has 0 atom stereocenters. The Hall–Kier alpha value is -1.39. The molecule has 1 aromatic rings. The quantitative estimate of drug-likeness (QED) is 0.670. The van der Waals surface area contributed by atoms with Crippen LogP contribution in [-0.4, -0.2) is 28.5 Å². The van der Waals surface area contributed by atoms with Gasteiger partial charge in [-0.05, 0) is 6.42 Å². The van der Waals surface area contributed by atoms with Crippen molar-refractivity contribution in [1.82, 2.24) is 15.4 Å². The van der Waals surface area contributed by atoms with Gasteiger partial charge in [0.05, 0.1) is 12.8 Å². The molecule has 1 aromatic heterocycles. The summed E-state index contributed by atoms with van der Waals surface area (Å²) < 4.78 is 4.52. The van der Waals surface area contributed by atoms with E-state index in [1.54, 1.807) is 0 Å². The first-order chi connectivity index (χ1) is 5.79. The summed E-state index contributed by atoms with van der Waals surface area (Å²) in [6.45, 7) is 2.01. The summed E-state index contributed by atoms with van der Waals surface area (Å²) in [5.74, 6) is -0.438. The number of nitrogens with one attached hydrogen (secondary N) is 1. The van der Waals surface area contributed by atoms with Gasteiger partial charge in [-0.15, -0.1) is 5.10 Å². The maximum Gasteiger partial charge on any atom is 0.360 e. The summed E-state index contributed by atoms with van der Waals surface area (Å²) >= 11 is 0. The second-order valence-corrected chi connectivity index (χ2v) is 2.36. The van der Waals surface area contributed by atoms with Gasteiger partial charge in [0, 0.05) is 0 Å². The number of nitrogens with zero attached hydrogens (tertiary/aromatic N) is 2. The first kappa shape index (κ1) is 8.70. The number of methoxy groups -OCH3 is 1. The van der Waals surface area contributed by atoms with Gasteiger partial charge < -0.3 is 4.74 Å². The van der Waals surface area contributed by atoms with E-state index in [4.69, 9.17) is 0 Å². The van der Waals surface area contributed by atoms with Crippen LogP contribution >= 0.6 is 0 Å². The van der Waals surface area contributed by atoms with E-state index in [2.05, 4.69) is 20.1 Å². The SMILES string of the molecule is CCCc1n[nH]nc1C(=O)OC. The number of esters is 1. The standard InChI is InChI=1S/C7H11N3O2/c1-3-4-5-6(7(11)12-2)9-10-8-5/h3-4H2,1-2H3,(H,8,9,10). The molecule has 0 saturated carbocycles. The number of carbonyl (C=O) groups excluding carboxylic acids is 1. The number of rotatable bonds is 3. The third kappa shape index (κ3) is 1.61. The number of H-pyrrole nitrogens is 1. The molecule has 1 heterocycles. The first-order valence-electron chi connectivity index (χ1n) is 3.77. The van der Waals surface area contributed by atoms with Gasteiger partial charge in [0.25, 0.3) is 0 Å². The molecule has 1 N–H and O–H groups in total. The predicted octanol–water partition coefficient (Wildman–Crippen LogP) is 0.544. The number of aromatic amines is 1. The van der Waals surface area contributed by atoms with E-state index in [-0.39, 0.29) is 0 Å². The molecule has 0 saturated heterocycles. The normalized spacial score (nSPS) is 9.83. The molecular weight excluding hydrogens is 158 g/mol. The van der Waals surface area contributed by atoms with Crippen LogP contribution in [0.2, 0.25) is 0 Å². The fourth-order valence-corrected chi connectivity index (χ4v) is 0.924. The average molecular weight is 169 g/mol. The molecule has 0 amide bonds. The fraction of sp³-hybridized carbons (Fsp3) is 0.571. The van der Waals surface area contributed by atoms with Gasteiger partial charge in [-0.3, -0.25) is 0 Å². The Morgan fingerprint density at radius 3 is 2.92 bits per heavy atom. The number of aryl methyl sites for hydroxylation is 1. The molecule has 0 bridgehead atoms. The fourth-order valence-electron chi connectivity index (χ4n) is 0.924. The lowest BCUT2D eigenvalue weighted by molar-refractivity contribution is 0.0592. The summed E-state index contributed by atoms with van der Waals surface area (Å²) in [4.78, 5) is 11.0. The number of hydrogen-bond acceptors (Lipinski definition) is 4. The van der Waals surface area contributed by atoms with Gasteiger partial charge in [-0.2, -0.15) is 10.3 Å². The van der Waals surface area contributed by atoms with Crippen LogP contribution in [0.5, 0.6) is 0 Å². The maximum atomic E-state index is 11.0. The van der Waals surface area contributed by atoms with Crippen molar-refractivity contribution in [1.29, 1.82) is 0 Å². The van der Waals surface area contributed by atoms with E-state index >= 15 is 0 Å². The van der Waals surface area contributed by atoms with Gasteiger partial charge >= 0.3 is 5.97 Å². The minimum absolute atomic E-state index is 0.291. The second-order valence-electron chi connectivity index (χ2n) is 2.36. The van der Waals surface area contributed by atoms with E-state index in [9.17, 15) is 4.79 Å². The van der Waals surface area contributed by atoms with Gasteiger partial charge in [-0.25, -0.2) is 4.79 Å². The summed E-state index contributed by atoms with van der Waals surface area (Å²) in [5, 5.41) is 9.93. The Bertz CT molecular complexity index is 269. The summed E-state index contributed by atoms with van der Waals surface area (Å²) in [6.07, 6.45) is 1.66. The summed E-state index contributed by atoms with van der Waals surface area (Å²) in [7, 11) is 1.33. The molecule has 1 rings (SSSR count). The molecule has 5 nitrogen and oxygen atoms in total. The third-order valence-electron chi connectivity index (χ3n) is 1.49. The lowest BCUT2D eigenvalue weighted by Crippen LogP contribution is -2.05. The summed E-state index contributed by atoms with van der Waals surface area (Å²) in [6, 6.07) is 0. The molecule has 0 aliphatic heterocycles. The van der Waals surface area contributed by atoms with Gasteiger partial charge in [0.2, 0.25) is 0 Å². The van der Waals surface area contributed by atoms with E-state index < -0.39 is 5.97 Å². The molecular formula is C7H11N3O2. The van der Waals surface area contributed by atoms with Crippen LogP contribution in [0.3, 0.4) is 0 Å². The summed E-state index contributed by atoms with van der Waals surface area (Å²) in [5.41, 5.74) is 0.962. The van der Waals surface area contributed by atoms with Crippen LogP contribution in [0.1, 0.15) is 29.5 Å². The molecule has 0 radical (unpaired) electrons. The maximum absolute atomic E-state index is 11.0. The molecule has 0 aromatic carbocycles. The zero-order valence-corrected chi connectivity index (χ0v) is 7.13. The number of carbonyl (C=O) groups is 1. The molecule has 0 fully saturated rings. The topological polar surface area (TPSA) is 67.9 Å². The number of hydrogen-bond donors (Lipinski definition) is 1. The van der Waals surface area contributed by atoms with Crippen molar-refractivity contribution in [3.8, 4) is 0 Å². The van der Waals surface area contributed by atoms with Crippen LogP contribution in [0, 0.1) is 0 Å². The van der Waals surface area contributed by atoms with Crippen LogP contribution in [-0.2, 0) is 11.2 Å². The molecule has 0 aliphatic carbocycles. The molecule has 5 heteroatoms. The highest BCUT2D eigenvalue weighted by molar-refractivity contribution is 5.88. The van der Waals surface area contributed by atoms with Crippen LogP contribution < -0.4 is 0 Å². The zero-order valence-electron chi connectivity index (χ0n) is 7.13. The minimum atomic E-state index is -0.438. The van der Waals surface area contributed by atoms with Crippen molar-refractivity contribution in [2.45, 2.75) is 19.8 Å². The number of ether oxygens (including phenoxy) is 1. The molecule has 0 spiro atoms. The van der Waals surface area contributed by atoms with Gasteiger partial charge in [-0.1, -0.05) is 13.3 Å².